The molecule has 0 aliphatic rings. The molecule has 0 unspecified atom stereocenters. The van der Waals surface area contributed by atoms with Gasteiger partial charge in [0.1, 0.15) is 12.1 Å². The van der Waals surface area contributed by atoms with Crippen molar-refractivity contribution in [2.45, 2.75) is 13.3 Å². The van der Waals surface area contributed by atoms with Crippen molar-refractivity contribution in [1.29, 1.82) is 0 Å². The molecular formula is C14H10F3N3O. The number of benzene rings is 1. The van der Waals surface area contributed by atoms with E-state index in [9.17, 15) is 13.2 Å². The molecule has 0 aliphatic heterocycles. The van der Waals surface area contributed by atoms with Crippen LogP contribution in [0, 0.1) is 6.92 Å². The van der Waals surface area contributed by atoms with Gasteiger partial charge in [0.15, 0.2) is 0 Å². The van der Waals surface area contributed by atoms with Crippen molar-refractivity contribution in [1.82, 2.24) is 14.6 Å². The SMILES string of the molecule is Cc1cc(OC(F)(F)F)ccc1-c1cc2ccnn2cn1. The molecule has 108 valence electrons. The van der Waals surface area contributed by atoms with Gasteiger partial charge in [0.05, 0.1) is 17.4 Å². The number of nitrogens with zero attached hydrogens (tertiary/aromatic N) is 3. The monoisotopic (exact) mass is 293 g/mol. The van der Waals surface area contributed by atoms with Gasteiger partial charge in [-0.05, 0) is 42.8 Å². The zero-order valence-corrected chi connectivity index (χ0v) is 10.9. The van der Waals surface area contributed by atoms with Gasteiger partial charge in [0.25, 0.3) is 0 Å². The van der Waals surface area contributed by atoms with Crippen molar-refractivity contribution < 1.29 is 17.9 Å². The first-order chi connectivity index (χ1) is 9.92. The number of hydrogen-bond donors (Lipinski definition) is 0. The average molecular weight is 293 g/mol. The van der Waals surface area contributed by atoms with Crippen LogP contribution in [0.5, 0.6) is 5.75 Å². The van der Waals surface area contributed by atoms with Gasteiger partial charge in [-0.25, -0.2) is 9.50 Å². The van der Waals surface area contributed by atoms with Crippen LogP contribution in [0.4, 0.5) is 13.2 Å². The van der Waals surface area contributed by atoms with Crippen LogP contribution in [-0.2, 0) is 0 Å². The summed E-state index contributed by atoms with van der Waals surface area (Å²) >= 11 is 0. The van der Waals surface area contributed by atoms with Crippen molar-refractivity contribution in [3.05, 3.63) is 48.4 Å². The number of aromatic nitrogens is 3. The molecule has 7 heteroatoms. The van der Waals surface area contributed by atoms with Gasteiger partial charge in [0, 0.05) is 5.56 Å². The van der Waals surface area contributed by atoms with E-state index in [0.29, 0.717) is 11.3 Å². The van der Waals surface area contributed by atoms with Crippen LogP contribution in [0.25, 0.3) is 16.8 Å². The predicted octanol–water partition coefficient (Wildman–Crippen LogP) is 3.60. The molecule has 0 amide bonds. The Hall–Kier alpha value is -2.57. The van der Waals surface area contributed by atoms with E-state index in [2.05, 4.69) is 14.8 Å². The summed E-state index contributed by atoms with van der Waals surface area (Å²) < 4.78 is 42.1. The highest BCUT2D eigenvalue weighted by atomic mass is 19.4. The maximum absolute atomic E-state index is 12.2. The van der Waals surface area contributed by atoms with E-state index < -0.39 is 6.36 Å². The van der Waals surface area contributed by atoms with Gasteiger partial charge < -0.3 is 4.74 Å². The first-order valence-corrected chi connectivity index (χ1v) is 6.08. The zero-order valence-electron chi connectivity index (χ0n) is 10.9. The number of rotatable bonds is 2. The summed E-state index contributed by atoms with van der Waals surface area (Å²) in [7, 11) is 0. The fourth-order valence-electron chi connectivity index (χ4n) is 2.10. The topological polar surface area (TPSA) is 39.4 Å². The standard InChI is InChI=1S/C14H10F3N3O/c1-9-6-11(21-14(15,16)17)2-3-12(9)13-7-10-4-5-19-20(10)8-18-13/h2-8H,1H3. The third-order valence-corrected chi connectivity index (χ3v) is 3.00. The molecule has 21 heavy (non-hydrogen) atoms. The van der Waals surface area contributed by atoms with E-state index in [0.717, 1.165) is 11.1 Å². The third kappa shape index (κ3) is 2.81. The van der Waals surface area contributed by atoms with Crippen LogP contribution >= 0.6 is 0 Å². The zero-order chi connectivity index (χ0) is 15.0. The quantitative estimate of drug-likeness (QED) is 0.724. The maximum atomic E-state index is 12.2. The Morgan fingerprint density at radius 1 is 1.14 bits per heavy atom. The number of halogens is 3. The molecule has 0 saturated heterocycles. The molecular weight excluding hydrogens is 283 g/mol. The molecule has 0 atom stereocenters. The first kappa shape index (κ1) is 13.4. The second kappa shape index (κ2) is 4.76. The summed E-state index contributed by atoms with van der Waals surface area (Å²) in [6.07, 6.45) is -1.49. The minimum atomic E-state index is -4.69. The minimum Gasteiger partial charge on any atom is -0.406 e. The number of fused-ring (bicyclic) bond motifs is 1. The van der Waals surface area contributed by atoms with Gasteiger partial charge in [-0.3, -0.25) is 0 Å². The van der Waals surface area contributed by atoms with E-state index >= 15 is 0 Å². The molecule has 1 aromatic carbocycles. The molecule has 0 N–H and O–H groups in total. The van der Waals surface area contributed by atoms with Crippen LogP contribution in [0.15, 0.2) is 42.9 Å². The number of ether oxygens (including phenoxy) is 1. The Labute approximate surface area is 117 Å². The third-order valence-electron chi connectivity index (χ3n) is 3.00. The maximum Gasteiger partial charge on any atom is 0.573 e. The summed E-state index contributed by atoms with van der Waals surface area (Å²) in [5.74, 6) is -0.241. The minimum absolute atomic E-state index is 0.241. The van der Waals surface area contributed by atoms with Crippen LogP contribution < -0.4 is 4.74 Å². The Morgan fingerprint density at radius 2 is 1.95 bits per heavy atom. The van der Waals surface area contributed by atoms with Crippen LogP contribution in [0.1, 0.15) is 5.56 Å². The summed E-state index contributed by atoms with van der Waals surface area (Å²) in [5.41, 5.74) is 2.91. The predicted molar refractivity (Wildman–Crippen MR) is 69.8 cm³/mol. The Balaban J connectivity index is 1.98. The Bertz CT molecular complexity index is 796. The second-order valence-electron chi connectivity index (χ2n) is 4.50. The largest absolute Gasteiger partial charge is 0.573 e. The summed E-state index contributed by atoms with van der Waals surface area (Å²) in [4.78, 5) is 4.25. The van der Waals surface area contributed by atoms with Crippen molar-refractivity contribution in [3.8, 4) is 17.0 Å². The lowest BCUT2D eigenvalue weighted by Gasteiger charge is -2.11. The summed E-state index contributed by atoms with van der Waals surface area (Å²) in [5, 5.41) is 4.04. The highest BCUT2D eigenvalue weighted by Crippen LogP contribution is 2.29. The summed E-state index contributed by atoms with van der Waals surface area (Å²) in [6.45, 7) is 1.71. The first-order valence-electron chi connectivity index (χ1n) is 6.08. The molecule has 0 spiro atoms. The lowest BCUT2D eigenvalue weighted by atomic mass is 10.0. The number of hydrogen-bond acceptors (Lipinski definition) is 3. The molecule has 3 rings (SSSR count). The van der Waals surface area contributed by atoms with Crippen LogP contribution in [-0.4, -0.2) is 21.0 Å². The van der Waals surface area contributed by atoms with E-state index in [-0.39, 0.29) is 5.75 Å². The second-order valence-corrected chi connectivity index (χ2v) is 4.50. The molecule has 3 aromatic rings. The van der Waals surface area contributed by atoms with Crippen molar-refractivity contribution in [2.24, 2.45) is 0 Å². The number of alkyl halides is 3. The van der Waals surface area contributed by atoms with Crippen molar-refractivity contribution in [3.63, 3.8) is 0 Å². The van der Waals surface area contributed by atoms with Crippen LogP contribution in [0.3, 0.4) is 0 Å². The van der Waals surface area contributed by atoms with E-state index in [1.54, 1.807) is 30.0 Å². The molecule has 0 bridgehead atoms. The lowest BCUT2D eigenvalue weighted by Crippen LogP contribution is -2.17. The van der Waals surface area contributed by atoms with Crippen molar-refractivity contribution >= 4 is 5.52 Å². The van der Waals surface area contributed by atoms with Crippen LogP contribution in [0.2, 0.25) is 0 Å². The van der Waals surface area contributed by atoms with E-state index in [1.165, 1.54) is 12.1 Å². The average Bonchev–Trinajstić information content (AvgIpc) is 2.84. The molecule has 2 heterocycles. The molecule has 0 fully saturated rings. The normalized spacial score (nSPS) is 11.8. The van der Waals surface area contributed by atoms with E-state index in [4.69, 9.17) is 0 Å². The molecule has 4 nitrogen and oxygen atoms in total. The Kier molecular flexibility index (Phi) is 3.04. The van der Waals surface area contributed by atoms with E-state index in [1.807, 2.05) is 12.1 Å². The molecule has 0 radical (unpaired) electrons. The smallest absolute Gasteiger partial charge is 0.406 e. The van der Waals surface area contributed by atoms with Gasteiger partial charge in [-0.1, -0.05) is 0 Å². The Morgan fingerprint density at radius 3 is 2.67 bits per heavy atom. The molecule has 0 saturated carbocycles. The highest BCUT2D eigenvalue weighted by Gasteiger charge is 2.31. The van der Waals surface area contributed by atoms with Gasteiger partial charge >= 0.3 is 6.36 Å². The fourth-order valence-corrected chi connectivity index (χ4v) is 2.10. The molecule has 0 aliphatic carbocycles. The number of aryl methyl sites for hydroxylation is 1. The summed E-state index contributed by atoms with van der Waals surface area (Å²) in [6, 6.07) is 7.82. The van der Waals surface area contributed by atoms with Gasteiger partial charge in [0.2, 0.25) is 0 Å². The van der Waals surface area contributed by atoms with Gasteiger partial charge in [-0.2, -0.15) is 5.10 Å². The van der Waals surface area contributed by atoms with Crippen molar-refractivity contribution in [2.75, 3.05) is 0 Å². The highest BCUT2D eigenvalue weighted by molar-refractivity contribution is 5.68. The fraction of sp³-hybridized carbons (Fsp3) is 0.143. The van der Waals surface area contributed by atoms with Gasteiger partial charge in [-0.15, -0.1) is 13.2 Å². The lowest BCUT2D eigenvalue weighted by molar-refractivity contribution is -0.274. The molecule has 2 aromatic heterocycles.